The number of unbranched alkanes of at least 4 members (excludes halogenated alkanes) is 1. The summed E-state index contributed by atoms with van der Waals surface area (Å²) in [5.41, 5.74) is 1.07. The molecular formula is C17H22N4O2. The number of benzene rings is 1. The molecule has 1 heterocycles. The molecule has 6 heteroatoms. The van der Waals surface area contributed by atoms with Crippen molar-refractivity contribution in [2.45, 2.75) is 33.1 Å². The highest BCUT2D eigenvalue weighted by atomic mass is 16.2. The fraction of sp³-hybridized carbons (Fsp3) is 0.353. The minimum absolute atomic E-state index is 0.125. The molecule has 0 atom stereocenters. The van der Waals surface area contributed by atoms with E-state index in [1.807, 2.05) is 30.3 Å². The van der Waals surface area contributed by atoms with Crippen molar-refractivity contribution in [2.24, 2.45) is 0 Å². The van der Waals surface area contributed by atoms with Gasteiger partial charge in [-0.15, -0.1) is 0 Å². The van der Waals surface area contributed by atoms with Crippen LogP contribution in [-0.4, -0.2) is 28.1 Å². The second-order valence-corrected chi connectivity index (χ2v) is 5.17. The van der Waals surface area contributed by atoms with E-state index in [2.05, 4.69) is 22.7 Å². The molecule has 23 heavy (non-hydrogen) atoms. The summed E-state index contributed by atoms with van der Waals surface area (Å²) in [4.78, 5) is 23.9. The lowest BCUT2D eigenvalue weighted by molar-refractivity contribution is -0.115. The van der Waals surface area contributed by atoms with Gasteiger partial charge < -0.3 is 10.6 Å². The van der Waals surface area contributed by atoms with Gasteiger partial charge in [0.2, 0.25) is 5.91 Å². The second-order valence-electron chi connectivity index (χ2n) is 5.17. The monoisotopic (exact) mass is 314 g/mol. The van der Waals surface area contributed by atoms with Gasteiger partial charge in [-0.1, -0.05) is 38.5 Å². The summed E-state index contributed by atoms with van der Waals surface area (Å²) >= 11 is 0. The maximum atomic E-state index is 12.2. The Morgan fingerprint density at radius 2 is 1.91 bits per heavy atom. The average Bonchev–Trinajstić information content (AvgIpc) is 2.99. The lowest BCUT2D eigenvalue weighted by atomic mass is 10.3. The second kappa shape index (κ2) is 8.12. The zero-order valence-electron chi connectivity index (χ0n) is 13.5. The fourth-order valence-electron chi connectivity index (χ4n) is 2.05. The Bertz CT molecular complexity index is 664. The summed E-state index contributed by atoms with van der Waals surface area (Å²) in [5, 5.41) is 9.95. The molecule has 122 valence electrons. The van der Waals surface area contributed by atoms with E-state index < -0.39 is 0 Å². The number of anilines is 1. The normalized spacial score (nSPS) is 10.3. The van der Waals surface area contributed by atoms with Gasteiger partial charge in [0.15, 0.2) is 5.69 Å². The first-order chi connectivity index (χ1) is 11.2. The standard InChI is InChI=1S/C17H22N4O2/c1-3-5-11-18-17(23)14-12-15(19-16(22)4-2)21(20-14)13-9-7-6-8-10-13/h6-10,12H,3-5,11H2,1-2H3,(H,18,23)(H,19,22). The predicted octanol–water partition coefficient (Wildman–Crippen LogP) is 2.75. The number of rotatable bonds is 7. The Labute approximate surface area is 135 Å². The van der Waals surface area contributed by atoms with Crippen LogP contribution >= 0.6 is 0 Å². The number of aromatic nitrogens is 2. The summed E-state index contributed by atoms with van der Waals surface area (Å²) in [6.45, 7) is 4.45. The third-order valence-electron chi connectivity index (χ3n) is 3.35. The molecule has 2 aromatic rings. The highest BCUT2D eigenvalue weighted by Crippen LogP contribution is 2.17. The van der Waals surface area contributed by atoms with Gasteiger partial charge in [0, 0.05) is 19.0 Å². The zero-order chi connectivity index (χ0) is 16.7. The summed E-state index contributed by atoms with van der Waals surface area (Å²) in [5.74, 6) is 0.129. The number of nitrogens with zero attached hydrogens (tertiary/aromatic N) is 2. The van der Waals surface area contributed by atoms with Crippen molar-refractivity contribution in [3.8, 4) is 5.69 Å². The summed E-state index contributed by atoms with van der Waals surface area (Å²) in [6.07, 6.45) is 2.29. The van der Waals surface area contributed by atoms with Gasteiger partial charge in [0.25, 0.3) is 5.91 Å². The van der Waals surface area contributed by atoms with E-state index in [0.29, 0.717) is 18.8 Å². The highest BCUT2D eigenvalue weighted by molar-refractivity contribution is 5.95. The van der Waals surface area contributed by atoms with Gasteiger partial charge in [-0.05, 0) is 18.6 Å². The van der Waals surface area contributed by atoms with Crippen molar-refractivity contribution >= 4 is 17.6 Å². The third kappa shape index (κ3) is 4.42. The number of amides is 2. The number of para-hydroxylation sites is 1. The van der Waals surface area contributed by atoms with Gasteiger partial charge in [-0.2, -0.15) is 5.10 Å². The summed E-state index contributed by atoms with van der Waals surface area (Å²) in [7, 11) is 0. The molecule has 0 fully saturated rings. The molecular weight excluding hydrogens is 292 g/mol. The molecule has 1 aromatic heterocycles. The van der Waals surface area contributed by atoms with E-state index in [1.165, 1.54) is 0 Å². The first-order valence-electron chi connectivity index (χ1n) is 7.89. The SMILES string of the molecule is CCCCNC(=O)c1cc(NC(=O)CC)n(-c2ccccc2)n1. The Balaban J connectivity index is 2.28. The molecule has 0 spiro atoms. The van der Waals surface area contributed by atoms with Crippen molar-refractivity contribution in [3.05, 3.63) is 42.1 Å². The quantitative estimate of drug-likeness (QED) is 0.772. The van der Waals surface area contributed by atoms with Crippen LogP contribution in [-0.2, 0) is 4.79 Å². The first kappa shape index (κ1) is 16.7. The Morgan fingerprint density at radius 1 is 1.17 bits per heavy atom. The van der Waals surface area contributed by atoms with Crippen LogP contribution in [0.2, 0.25) is 0 Å². The molecule has 2 N–H and O–H groups in total. The van der Waals surface area contributed by atoms with Crippen LogP contribution < -0.4 is 10.6 Å². The molecule has 0 unspecified atom stereocenters. The van der Waals surface area contributed by atoms with Crippen LogP contribution in [0.15, 0.2) is 36.4 Å². The van der Waals surface area contributed by atoms with Gasteiger partial charge in [-0.25, -0.2) is 4.68 Å². The minimum Gasteiger partial charge on any atom is -0.351 e. The van der Waals surface area contributed by atoms with E-state index in [9.17, 15) is 9.59 Å². The smallest absolute Gasteiger partial charge is 0.271 e. The van der Waals surface area contributed by atoms with E-state index >= 15 is 0 Å². The minimum atomic E-state index is -0.236. The maximum Gasteiger partial charge on any atom is 0.271 e. The average molecular weight is 314 g/mol. The Hall–Kier alpha value is -2.63. The lowest BCUT2D eigenvalue weighted by Crippen LogP contribution is -2.24. The van der Waals surface area contributed by atoms with Gasteiger partial charge >= 0.3 is 0 Å². The molecule has 0 radical (unpaired) electrons. The molecule has 0 aliphatic heterocycles. The maximum absolute atomic E-state index is 12.2. The number of hydrogen-bond donors (Lipinski definition) is 2. The molecule has 6 nitrogen and oxygen atoms in total. The predicted molar refractivity (Wildman–Crippen MR) is 89.7 cm³/mol. The van der Waals surface area contributed by atoms with Crippen LogP contribution in [0, 0.1) is 0 Å². The Morgan fingerprint density at radius 3 is 2.57 bits per heavy atom. The molecule has 2 rings (SSSR count). The topological polar surface area (TPSA) is 76.0 Å². The fourth-order valence-corrected chi connectivity index (χ4v) is 2.05. The molecule has 0 saturated heterocycles. The van der Waals surface area contributed by atoms with Crippen molar-refractivity contribution in [1.82, 2.24) is 15.1 Å². The summed E-state index contributed by atoms with van der Waals surface area (Å²) in [6, 6.07) is 11.0. The first-order valence-corrected chi connectivity index (χ1v) is 7.89. The third-order valence-corrected chi connectivity index (χ3v) is 3.35. The van der Waals surface area contributed by atoms with E-state index in [-0.39, 0.29) is 17.5 Å². The van der Waals surface area contributed by atoms with Crippen LogP contribution in [0.5, 0.6) is 0 Å². The summed E-state index contributed by atoms with van der Waals surface area (Å²) < 4.78 is 1.57. The van der Waals surface area contributed by atoms with Crippen molar-refractivity contribution in [1.29, 1.82) is 0 Å². The highest BCUT2D eigenvalue weighted by Gasteiger charge is 2.16. The number of carbonyl (C=O) groups excluding carboxylic acids is 2. The molecule has 0 aliphatic carbocycles. The van der Waals surface area contributed by atoms with E-state index in [0.717, 1.165) is 18.5 Å². The molecule has 0 bridgehead atoms. The van der Waals surface area contributed by atoms with Crippen molar-refractivity contribution in [3.63, 3.8) is 0 Å². The number of carbonyl (C=O) groups is 2. The van der Waals surface area contributed by atoms with Crippen LogP contribution in [0.1, 0.15) is 43.6 Å². The van der Waals surface area contributed by atoms with Gasteiger partial charge in [0.1, 0.15) is 5.82 Å². The van der Waals surface area contributed by atoms with Gasteiger partial charge in [0.05, 0.1) is 5.69 Å². The number of hydrogen-bond acceptors (Lipinski definition) is 3. The molecule has 1 aromatic carbocycles. The van der Waals surface area contributed by atoms with Crippen LogP contribution in [0.25, 0.3) is 5.69 Å². The van der Waals surface area contributed by atoms with Crippen molar-refractivity contribution < 1.29 is 9.59 Å². The molecule has 2 amide bonds. The van der Waals surface area contributed by atoms with E-state index in [1.54, 1.807) is 17.7 Å². The lowest BCUT2D eigenvalue weighted by Gasteiger charge is -2.07. The zero-order valence-corrected chi connectivity index (χ0v) is 13.5. The molecule has 0 saturated carbocycles. The van der Waals surface area contributed by atoms with Crippen LogP contribution in [0.4, 0.5) is 5.82 Å². The van der Waals surface area contributed by atoms with E-state index in [4.69, 9.17) is 0 Å². The van der Waals surface area contributed by atoms with Crippen molar-refractivity contribution in [2.75, 3.05) is 11.9 Å². The molecule has 0 aliphatic rings. The van der Waals surface area contributed by atoms with Crippen LogP contribution in [0.3, 0.4) is 0 Å². The Kier molecular flexibility index (Phi) is 5.91. The number of nitrogens with one attached hydrogen (secondary N) is 2. The van der Waals surface area contributed by atoms with Gasteiger partial charge in [-0.3, -0.25) is 9.59 Å². The largest absolute Gasteiger partial charge is 0.351 e.